The molecule has 5 heteroatoms. The van der Waals surface area contributed by atoms with Gasteiger partial charge in [-0.1, -0.05) is 17.2 Å². The van der Waals surface area contributed by atoms with E-state index < -0.39 is 0 Å². The van der Waals surface area contributed by atoms with Crippen LogP contribution >= 0.6 is 11.6 Å². The first-order valence-corrected chi connectivity index (χ1v) is 6.27. The fourth-order valence-electron chi connectivity index (χ4n) is 1.91. The van der Waals surface area contributed by atoms with Crippen molar-refractivity contribution in [2.75, 3.05) is 5.32 Å². The van der Waals surface area contributed by atoms with Crippen molar-refractivity contribution in [2.45, 2.75) is 25.7 Å². The zero-order valence-corrected chi connectivity index (χ0v) is 10.6. The summed E-state index contributed by atoms with van der Waals surface area (Å²) in [7, 11) is 0. The molecule has 1 aromatic rings. The second-order valence-electron chi connectivity index (χ2n) is 4.27. The van der Waals surface area contributed by atoms with Gasteiger partial charge in [0.15, 0.2) is 0 Å². The molecule has 1 aliphatic carbocycles. The van der Waals surface area contributed by atoms with Crippen molar-refractivity contribution in [2.24, 2.45) is 0 Å². The molecular weight excluding hydrogens is 252 g/mol. The molecule has 1 saturated carbocycles. The molecule has 1 aliphatic rings. The number of nitrogens with one attached hydrogen (secondary N) is 2. The number of benzene rings is 1. The van der Waals surface area contributed by atoms with E-state index in [0.717, 1.165) is 12.8 Å². The zero-order valence-electron chi connectivity index (χ0n) is 9.87. The summed E-state index contributed by atoms with van der Waals surface area (Å²) in [6, 6.07) is 4.11. The Morgan fingerprint density at radius 3 is 2.78 bits per heavy atom. The van der Waals surface area contributed by atoms with Crippen LogP contribution in [0.1, 0.15) is 25.7 Å². The van der Waals surface area contributed by atoms with Gasteiger partial charge in [-0.2, -0.15) is 0 Å². The lowest BCUT2D eigenvalue weighted by Gasteiger charge is -2.07. The average molecular weight is 267 g/mol. The molecule has 0 aliphatic heterocycles. The molecular formula is C13H15ClN2O2. The summed E-state index contributed by atoms with van der Waals surface area (Å²) in [5.41, 5.74) is 1.55. The van der Waals surface area contributed by atoms with Crippen molar-refractivity contribution in [1.82, 2.24) is 5.32 Å². The van der Waals surface area contributed by atoms with Gasteiger partial charge in [0.2, 0.25) is 0 Å². The number of halogens is 1. The number of urea groups is 1. The number of aromatic hydroxyl groups is 1. The quantitative estimate of drug-likeness (QED) is 0.716. The number of hydrogen-bond acceptors (Lipinski definition) is 2. The van der Waals surface area contributed by atoms with Crippen LogP contribution in [0.5, 0.6) is 5.75 Å². The summed E-state index contributed by atoms with van der Waals surface area (Å²) >= 11 is 5.79. The number of phenols is 1. The maximum Gasteiger partial charge on any atom is 0.323 e. The Labute approximate surface area is 111 Å². The van der Waals surface area contributed by atoms with E-state index >= 15 is 0 Å². The van der Waals surface area contributed by atoms with E-state index in [2.05, 4.69) is 10.6 Å². The number of allylic oxidation sites excluding steroid dienone is 1. The van der Waals surface area contributed by atoms with E-state index in [1.54, 1.807) is 12.3 Å². The number of carbonyl (C=O) groups excluding carboxylic acids is 1. The maximum absolute atomic E-state index is 11.6. The second-order valence-corrected chi connectivity index (χ2v) is 4.71. The number of anilines is 1. The number of carbonyl (C=O) groups is 1. The van der Waals surface area contributed by atoms with Crippen molar-refractivity contribution in [1.29, 1.82) is 0 Å². The van der Waals surface area contributed by atoms with E-state index in [9.17, 15) is 9.90 Å². The molecule has 2 rings (SSSR count). The highest BCUT2D eigenvalue weighted by molar-refractivity contribution is 6.31. The van der Waals surface area contributed by atoms with E-state index in [1.165, 1.54) is 30.5 Å². The van der Waals surface area contributed by atoms with Crippen molar-refractivity contribution >= 4 is 23.3 Å². The van der Waals surface area contributed by atoms with Gasteiger partial charge in [-0.15, -0.1) is 0 Å². The summed E-state index contributed by atoms with van der Waals surface area (Å²) in [5, 5.41) is 15.2. The summed E-state index contributed by atoms with van der Waals surface area (Å²) in [4.78, 5) is 11.6. The summed E-state index contributed by atoms with van der Waals surface area (Å²) in [6.45, 7) is 0. The minimum Gasteiger partial charge on any atom is -0.506 e. The molecule has 0 bridgehead atoms. The third-order valence-corrected chi connectivity index (χ3v) is 3.10. The fourth-order valence-corrected chi connectivity index (χ4v) is 2.08. The molecule has 0 saturated heterocycles. The van der Waals surface area contributed by atoms with Crippen LogP contribution in [-0.2, 0) is 0 Å². The topological polar surface area (TPSA) is 61.4 Å². The predicted octanol–water partition coefficient (Wildman–Crippen LogP) is 3.63. The Kier molecular flexibility index (Phi) is 4.10. The molecule has 3 N–H and O–H groups in total. The molecule has 1 aromatic carbocycles. The minimum absolute atomic E-state index is 0.0110. The highest BCUT2D eigenvalue weighted by Crippen LogP contribution is 2.26. The van der Waals surface area contributed by atoms with Crippen LogP contribution in [0.3, 0.4) is 0 Å². The van der Waals surface area contributed by atoms with E-state index in [4.69, 9.17) is 11.6 Å². The van der Waals surface area contributed by atoms with Gasteiger partial charge in [0.25, 0.3) is 0 Å². The molecule has 2 amide bonds. The van der Waals surface area contributed by atoms with Crippen molar-refractivity contribution in [3.05, 3.63) is 35.0 Å². The van der Waals surface area contributed by atoms with E-state index in [1.807, 2.05) is 0 Å². The molecule has 18 heavy (non-hydrogen) atoms. The molecule has 1 fully saturated rings. The molecule has 0 aromatic heterocycles. The van der Waals surface area contributed by atoms with Gasteiger partial charge in [0, 0.05) is 11.2 Å². The highest BCUT2D eigenvalue weighted by Gasteiger charge is 2.08. The third kappa shape index (κ3) is 3.40. The summed E-state index contributed by atoms with van der Waals surface area (Å²) in [5.74, 6) is -0.0110. The van der Waals surface area contributed by atoms with Crippen molar-refractivity contribution in [3.63, 3.8) is 0 Å². The van der Waals surface area contributed by atoms with Crippen LogP contribution in [0.4, 0.5) is 10.5 Å². The number of hydrogen-bond donors (Lipinski definition) is 3. The van der Waals surface area contributed by atoms with Gasteiger partial charge in [-0.3, -0.25) is 0 Å². The van der Waals surface area contributed by atoms with Gasteiger partial charge >= 0.3 is 6.03 Å². The predicted molar refractivity (Wildman–Crippen MR) is 71.8 cm³/mol. The van der Waals surface area contributed by atoms with Gasteiger partial charge < -0.3 is 15.7 Å². The van der Waals surface area contributed by atoms with Crippen molar-refractivity contribution < 1.29 is 9.90 Å². The molecule has 0 spiro atoms. The van der Waals surface area contributed by atoms with Crippen LogP contribution in [0.2, 0.25) is 5.02 Å². The first kappa shape index (κ1) is 12.8. The lowest BCUT2D eigenvalue weighted by atomic mass is 10.2. The Morgan fingerprint density at radius 1 is 1.33 bits per heavy atom. The Hall–Kier alpha value is -1.68. The van der Waals surface area contributed by atoms with Crippen LogP contribution in [0.25, 0.3) is 0 Å². The Morgan fingerprint density at radius 2 is 2.06 bits per heavy atom. The van der Waals surface area contributed by atoms with Gasteiger partial charge in [-0.25, -0.2) is 4.79 Å². The second kappa shape index (κ2) is 5.78. The summed E-state index contributed by atoms with van der Waals surface area (Å²) < 4.78 is 0. The number of rotatable bonds is 2. The smallest absolute Gasteiger partial charge is 0.323 e. The first-order valence-electron chi connectivity index (χ1n) is 5.89. The summed E-state index contributed by atoms with van der Waals surface area (Å²) in [6.07, 6.45) is 6.20. The normalized spacial score (nSPS) is 14.4. The largest absolute Gasteiger partial charge is 0.506 e. The van der Waals surface area contributed by atoms with Crippen LogP contribution in [0.15, 0.2) is 30.0 Å². The standard InChI is InChI=1S/C13H15ClN2O2/c14-10-5-6-12(17)11(7-10)16-13(18)15-8-9-3-1-2-4-9/h5-8,17H,1-4H2,(H2,15,16,18). The van der Waals surface area contributed by atoms with E-state index in [0.29, 0.717) is 10.7 Å². The molecule has 0 radical (unpaired) electrons. The minimum atomic E-state index is -0.382. The zero-order chi connectivity index (χ0) is 13.0. The van der Waals surface area contributed by atoms with Gasteiger partial charge in [-0.05, 0) is 43.9 Å². The van der Waals surface area contributed by atoms with Crippen LogP contribution < -0.4 is 10.6 Å². The van der Waals surface area contributed by atoms with Crippen molar-refractivity contribution in [3.8, 4) is 5.75 Å². The van der Waals surface area contributed by atoms with Crippen LogP contribution in [-0.4, -0.2) is 11.1 Å². The SMILES string of the molecule is O=C(NC=C1CCCC1)Nc1cc(Cl)ccc1O. The highest BCUT2D eigenvalue weighted by atomic mass is 35.5. The molecule has 4 nitrogen and oxygen atoms in total. The van der Waals surface area contributed by atoms with Gasteiger partial charge in [0.05, 0.1) is 5.69 Å². The first-order chi connectivity index (χ1) is 8.65. The van der Waals surface area contributed by atoms with Crippen LogP contribution in [0, 0.1) is 0 Å². The maximum atomic E-state index is 11.6. The lowest BCUT2D eigenvalue weighted by molar-refractivity contribution is 0.255. The third-order valence-electron chi connectivity index (χ3n) is 2.86. The van der Waals surface area contributed by atoms with Gasteiger partial charge in [0.1, 0.15) is 5.75 Å². The fraction of sp³-hybridized carbons (Fsp3) is 0.308. The lowest BCUT2D eigenvalue weighted by Crippen LogP contribution is -2.24. The molecule has 0 atom stereocenters. The molecule has 0 unspecified atom stereocenters. The molecule has 0 heterocycles. The monoisotopic (exact) mass is 266 g/mol. The Bertz CT molecular complexity index is 478. The van der Waals surface area contributed by atoms with E-state index in [-0.39, 0.29) is 11.8 Å². The molecule has 96 valence electrons. The number of phenolic OH excluding ortho intramolecular Hbond substituents is 1. The Balaban J connectivity index is 1.94. The average Bonchev–Trinajstić information content (AvgIpc) is 2.84. The number of amides is 2.